The number of halogens is 3. The molecular formula is C9H11Cl3N2. The Labute approximate surface area is 99.5 Å². The van der Waals surface area contributed by atoms with Crippen molar-refractivity contribution in [3.8, 4) is 0 Å². The molecule has 0 amide bonds. The van der Waals surface area contributed by atoms with Gasteiger partial charge in [0.05, 0.1) is 0 Å². The van der Waals surface area contributed by atoms with Crippen LogP contribution in [0.5, 0.6) is 0 Å². The molecule has 1 aromatic rings. The van der Waals surface area contributed by atoms with Crippen molar-refractivity contribution in [2.75, 3.05) is 0 Å². The average molecular weight is 254 g/mol. The topological polar surface area (TPSA) is 38.9 Å². The predicted molar refractivity (Wildman–Crippen MR) is 63.2 cm³/mol. The fourth-order valence-corrected chi connectivity index (χ4v) is 1.49. The molecular weight excluding hydrogens is 242 g/mol. The monoisotopic (exact) mass is 252 g/mol. The van der Waals surface area contributed by atoms with Crippen molar-refractivity contribution >= 4 is 35.6 Å². The maximum Gasteiger partial charge on any atom is 0.135 e. The minimum Gasteiger partial charge on any atom is -0.324 e. The van der Waals surface area contributed by atoms with Gasteiger partial charge in [-0.05, 0) is 12.5 Å². The maximum atomic E-state index is 5.85. The molecule has 0 aliphatic rings. The van der Waals surface area contributed by atoms with E-state index < -0.39 is 0 Å². The zero-order valence-corrected chi connectivity index (χ0v) is 9.74. The van der Waals surface area contributed by atoms with Crippen LogP contribution in [0.1, 0.15) is 18.0 Å². The van der Waals surface area contributed by atoms with E-state index >= 15 is 0 Å². The van der Waals surface area contributed by atoms with Crippen molar-refractivity contribution in [2.45, 2.75) is 12.5 Å². The summed E-state index contributed by atoms with van der Waals surface area (Å²) in [6, 6.07) is 3.30. The van der Waals surface area contributed by atoms with Gasteiger partial charge < -0.3 is 5.73 Å². The van der Waals surface area contributed by atoms with Gasteiger partial charge in [0.15, 0.2) is 0 Å². The van der Waals surface area contributed by atoms with Crippen LogP contribution >= 0.6 is 35.6 Å². The molecule has 0 aromatic carbocycles. The first-order chi connectivity index (χ1) is 6.15. The Balaban J connectivity index is 0.00000169. The summed E-state index contributed by atoms with van der Waals surface area (Å²) in [5.74, 6) is 0. The van der Waals surface area contributed by atoms with Gasteiger partial charge in [0.2, 0.25) is 0 Å². The van der Waals surface area contributed by atoms with Crippen molar-refractivity contribution in [2.24, 2.45) is 5.73 Å². The molecule has 0 fully saturated rings. The highest BCUT2D eigenvalue weighted by Crippen LogP contribution is 2.23. The van der Waals surface area contributed by atoms with E-state index in [-0.39, 0.29) is 18.4 Å². The van der Waals surface area contributed by atoms with Gasteiger partial charge in [0, 0.05) is 11.6 Å². The Kier molecular flexibility index (Phi) is 6.12. The van der Waals surface area contributed by atoms with Crippen LogP contribution in [0.15, 0.2) is 24.8 Å². The smallest absolute Gasteiger partial charge is 0.135 e. The Morgan fingerprint density at radius 1 is 1.50 bits per heavy atom. The number of nitrogens with zero attached hydrogens (tertiary/aromatic N) is 1. The van der Waals surface area contributed by atoms with Gasteiger partial charge in [-0.15, -0.1) is 19.0 Å². The standard InChI is InChI=1S/C9H10Cl2N2.ClH/c1-2-3-7(12)6-4-5-8(10)13-9(6)11;/h2,4-5,7H,1,3,12H2;1H/t7-;/m1./s1. The Morgan fingerprint density at radius 2 is 2.14 bits per heavy atom. The van der Waals surface area contributed by atoms with Gasteiger partial charge in [0.25, 0.3) is 0 Å². The van der Waals surface area contributed by atoms with E-state index in [0.717, 1.165) is 5.56 Å². The van der Waals surface area contributed by atoms with Crippen LogP contribution in [0, 0.1) is 0 Å². The highest BCUT2D eigenvalue weighted by molar-refractivity contribution is 6.32. The fraction of sp³-hybridized carbons (Fsp3) is 0.222. The second-order valence-corrected chi connectivity index (χ2v) is 3.39. The number of hydrogen-bond donors (Lipinski definition) is 1. The summed E-state index contributed by atoms with van der Waals surface area (Å²) in [7, 11) is 0. The summed E-state index contributed by atoms with van der Waals surface area (Å²) in [6.45, 7) is 3.60. The fourth-order valence-electron chi connectivity index (χ4n) is 1.01. The molecule has 1 atom stereocenters. The number of nitrogens with two attached hydrogens (primary N) is 1. The first kappa shape index (κ1) is 13.7. The summed E-state index contributed by atoms with van der Waals surface area (Å²) in [4.78, 5) is 3.89. The van der Waals surface area contributed by atoms with E-state index in [1.807, 2.05) is 0 Å². The lowest BCUT2D eigenvalue weighted by atomic mass is 10.1. The highest BCUT2D eigenvalue weighted by Gasteiger charge is 2.09. The number of rotatable bonds is 3. The Morgan fingerprint density at radius 3 is 2.64 bits per heavy atom. The summed E-state index contributed by atoms with van der Waals surface area (Å²) in [6.07, 6.45) is 2.42. The first-order valence-electron chi connectivity index (χ1n) is 3.83. The normalized spacial score (nSPS) is 11.6. The second kappa shape index (κ2) is 6.25. The second-order valence-electron chi connectivity index (χ2n) is 2.64. The molecule has 0 saturated heterocycles. The van der Waals surface area contributed by atoms with E-state index in [1.165, 1.54) is 0 Å². The van der Waals surface area contributed by atoms with Crippen LogP contribution in [0.2, 0.25) is 10.3 Å². The first-order valence-corrected chi connectivity index (χ1v) is 4.59. The van der Waals surface area contributed by atoms with Crippen LogP contribution < -0.4 is 5.73 Å². The molecule has 14 heavy (non-hydrogen) atoms. The van der Waals surface area contributed by atoms with Crippen LogP contribution in [0.25, 0.3) is 0 Å². The zero-order chi connectivity index (χ0) is 9.84. The minimum atomic E-state index is -0.158. The summed E-state index contributed by atoms with van der Waals surface area (Å²) in [5, 5.41) is 0.737. The van der Waals surface area contributed by atoms with Crippen LogP contribution in [0.3, 0.4) is 0 Å². The van der Waals surface area contributed by atoms with Crippen LogP contribution in [-0.2, 0) is 0 Å². The molecule has 1 rings (SSSR count). The number of pyridine rings is 1. The lowest BCUT2D eigenvalue weighted by molar-refractivity contribution is 0.738. The highest BCUT2D eigenvalue weighted by atomic mass is 35.5. The van der Waals surface area contributed by atoms with Gasteiger partial charge in [-0.1, -0.05) is 35.3 Å². The van der Waals surface area contributed by atoms with Crippen molar-refractivity contribution < 1.29 is 0 Å². The largest absolute Gasteiger partial charge is 0.324 e. The van der Waals surface area contributed by atoms with E-state index in [9.17, 15) is 0 Å². The molecule has 1 aromatic heterocycles. The molecule has 0 aliphatic heterocycles. The molecule has 0 aliphatic carbocycles. The Hall–Kier alpha value is -0.280. The molecule has 0 radical (unpaired) electrons. The SMILES string of the molecule is C=CC[C@@H](N)c1ccc(Cl)nc1Cl.Cl. The third-order valence-corrected chi connectivity index (χ3v) is 2.18. The van der Waals surface area contributed by atoms with Gasteiger partial charge in [-0.25, -0.2) is 4.98 Å². The number of hydrogen-bond acceptors (Lipinski definition) is 2. The maximum absolute atomic E-state index is 5.85. The third-order valence-electron chi connectivity index (χ3n) is 1.66. The average Bonchev–Trinajstić information content (AvgIpc) is 2.04. The van der Waals surface area contributed by atoms with Crippen molar-refractivity contribution in [1.29, 1.82) is 0 Å². The minimum absolute atomic E-state index is 0. The van der Waals surface area contributed by atoms with Crippen LogP contribution in [0.4, 0.5) is 0 Å². The van der Waals surface area contributed by atoms with E-state index in [1.54, 1.807) is 18.2 Å². The molecule has 2 nitrogen and oxygen atoms in total. The van der Waals surface area contributed by atoms with E-state index in [4.69, 9.17) is 28.9 Å². The van der Waals surface area contributed by atoms with Gasteiger partial charge in [-0.3, -0.25) is 0 Å². The van der Waals surface area contributed by atoms with Crippen LogP contribution in [-0.4, -0.2) is 4.98 Å². The molecule has 0 saturated carbocycles. The number of aromatic nitrogens is 1. The molecule has 2 N–H and O–H groups in total. The van der Waals surface area contributed by atoms with Crippen molar-refractivity contribution in [3.63, 3.8) is 0 Å². The van der Waals surface area contributed by atoms with E-state index in [2.05, 4.69) is 11.6 Å². The molecule has 0 unspecified atom stereocenters. The molecule has 5 heteroatoms. The van der Waals surface area contributed by atoms with Gasteiger partial charge in [0.1, 0.15) is 10.3 Å². The zero-order valence-electron chi connectivity index (χ0n) is 7.41. The summed E-state index contributed by atoms with van der Waals surface area (Å²) in [5.41, 5.74) is 6.61. The summed E-state index contributed by atoms with van der Waals surface area (Å²) >= 11 is 11.5. The lowest BCUT2D eigenvalue weighted by Gasteiger charge is -2.10. The quantitative estimate of drug-likeness (QED) is 0.662. The Bertz CT molecular complexity index is 315. The van der Waals surface area contributed by atoms with E-state index in [0.29, 0.717) is 16.7 Å². The molecule has 0 spiro atoms. The van der Waals surface area contributed by atoms with Crippen molar-refractivity contribution in [3.05, 3.63) is 40.7 Å². The molecule has 0 bridgehead atoms. The third kappa shape index (κ3) is 3.46. The van der Waals surface area contributed by atoms with Gasteiger partial charge in [-0.2, -0.15) is 0 Å². The summed E-state index contributed by atoms with van der Waals surface area (Å²) < 4.78 is 0. The van der Waals surface area contributed by atoms with Gasteiger partial charge >= 0.3 is 0 Å². The lowest BCUT2D eigenvalue weighted by Crippen LogP contribution is -2.10. The molecule has 78 valence electrons. The van der Waals surface area contributed by atoms with Crippen molar-refractivity contribution in [1.82, 2.24) is 4.98 Å². The molecule has 1 heterocycles. The predicted octanol–water partition coefficient (Wildman–Crippen LogP) is 3.39.